The number of esters is 1. The molecule has 2 atom stereocenters. The highest BCUT2D eigenvalue weighted by Crippen LogP contribution is 2.39. The van der Waals surface area contributed by atoms with Gasteiger partial charge in [-0.1, -0.05) is 49.5 Å². The summed E-state index contributed by atoms with van der Waals surface area (Å²) in [5.74, 6) is -0.651. The zero-order valence-corrected chi connectivity index (χ0v) is 23.3. The van der Waals surface area contributed by atoms with Crippen molar-refractivity contribution in [1.82, 2.24) is 15.1 Å². The van der Waals surface area contributed by atoms with Crippen LogP contribution in [0.2, 0.25) is 0 Å². The number of hydrogen-bond acceptors (Lipinski definition) is 5. The molecule has 40 heavy (non-hydrogen) atoms. The number of aromatic nitrogens is 2. The van der Waals surface area contributed by atoms with Crippen LogP contribution in [0.4, 0.5) is 4.39 Å². The lowest BCUT2D eigenvalue weighted by atomic mass is 9.89. The van der Waals surface area contributed by atoms with Crippen LogP contribution in [-0.4, -0.2) is 39.9 Å². The predicted octanol–water partition coefficient (Wildman–Crippen LogP) is 6.40. The molecule has 1 heterocycles. The van der Waals surface area contributed by atoms with Crippen molar-refractivity contribution in [2.45, 2.75) is 101 Å². The van der Waals surface area contributed by atoms with E-state index < -0.39 is 12.0 Å². The number of carbonyl (C=O) groups is 2. The first-order valence-electron chi connectivity index (χ1n) is 14.7. The molecule has 1 amide bonds. The molecule has 0 aliphatic heterocycles. The maximum atomic E-state index is 14.1. The van der Waals surface area contributed by atoms with Crippen molar-refractivity contribution in [3.63, 3.8) is 0 Å². The summed E-state index contributed by atoms with van der Waals surface area (Å²) in [5.41, 5.74) is 4.40. The van der Waals surface area contributed by atoms with Crippen LogP contribution >= 0.6 is 0 Å². The molecule has 214 valence electrons. The number of carbonyl (C=O) groups excluding carboxylic acids is 2. The lowest BCUT2D eigenvalue weighted by molar-refractivity contribution is -0.142. The molecule has 2 aromatic rings. The Kier molecular flexibility index (Phi) is 9.02. The lowest BCUT2D eigenvalue weighted by Gasteiger charge is -2.27. The van der Waals surface area contributed by atoms with E-state index in [4.69, 9.17) is 9.84 Å². The number of allylic oxidation sites excluding steroid dienone is 3. The second kappa shape index (κ2) is 12.8. The average molecular weight is 550 g/mol. The summed E-state index contributed by atoms with van der Waals surface area (Å²) < 4.78 is 21.2. The number of benzene rings is 1. The summed E-state index contributed by atoms with van der Waals surface area (Å²) in [7, 11) is 1.32. The summed E-state index contributed by atoms with van der Waals surface area (Å²) in [4.78, 5) is 26.6. The Hall–Kier alpha value is -3.42. The van der Waals surface area contributed by atoms with Crippen molar-refractivity contribution in [1.29, 1.82) is 0 Å². The van der Waals surface area contributed by atoms with Crippen molar-refractivity contribution in [2.24, 2.45) is 0 Å². The quantitative estimate of drug-likeness (QED) is 0.293. The van der Waals surface area contributed by atoms with E-state index in [0.717, 1.165) is 73.8 Å². The molecule has 2 N–H and O–H groups in total. The number of methoxy groups -OCH3 is 1. The molecule has 1 aromatic heterocycles. The highest BCUT2D eigenvalue weighted by molar-refractivity contribution is 5.96. The van der Waals surface area contributed by atoms with Gasteiger partial charge in [-0.2, -0.15) is 5.10 Å². The first kappa shape index (κ1) is 28.1. The summed E-state index contributed by atoms with van der Waals surface area (Å²) in [6.07, 6.45) is 14.8. The minimum atomic E-state index is -0.846. The third-order valence-electron chi connectivity index (χ3n) is 8.64. The number of nitrogens with one attached hydrogen (secondary N) is 1. The topological polar surface area (TPSA) is 93.4 Å². The van der Waals surface area contributed by atoms with Gasteiger partial charge in [0, 0.05) is 23.6 Å². The van der Waals surface area contributed by atoms with Gasteiger partial charge in [-0.05, 0) is 75.1 Å². The fraction of sp³-hybridized carbons (Fsp3) is 0.531. The standard InChI is InChI=1S/C32H40FN3O4/c1-40-32(39)28(20-21-14-16-26(37)17-15-21)34-31(38)29-27-13-6-5-9-23(18-22-8-7-10-24(33)19-22)30(27)36(35-29)25-11-3-2-4-12-25/h7-8,10,14,16,19,23,25,28,37H,2-6,9,11-13,15,17-18,20H2,1H3,(H,34,38)/t23?,28-/m1/s1. The van der Waals surface area contributed by atoms with Crippen molar-refractivity contribution in [2.75, 3.05) is 7.11 Å². The van der Waals surface area contributed by atoms with Gasteiger partial charge in [0.15, 0.2) is 5.69 Å². The van der Waals surface area contributed by atoms with Crippen LogP contribution in [0.3, 0.4) is 0 Å². The first-order valence-corrected chi connectivity index (χ1v) is 14.7. The zero-order valence-electron chi connectivity index (χ0n) is 23.3. The smallest absolute Gasteiger partial charge is 0.328 e. The monoisotopic (exact) mass is 549 g/mol. The summed E-state index contributed by atoms with van der Waals surface area (Å²) in [5, 5.41) is 17.6. The SMILES string of the molecule is COC(=O)[C@@H](CC1=CC=C(O)CC1)NC(=O)c1nn(C2CCCCC2)c2c1CCCCC2Cc1cccc(F)c1. The molecule has 8 heteroatoms. The number of aliphatic hydroxyl groups excluding tert-OH is 1. The van der Waals surface area contributed by atoms with Gasteiger partial charge < -0.3 is 15.2 Å². The van der Waals surface area contributed by atoms with E-state index in [1.165, 1.54) is 19.6 Å². The number of amides is 1. The van der Waals surface area contributed by atoms with Gasteiger partial charge in [0.05, 0.1) is 18.9 Å². The largest absolute Gasteiger partial charge is 0.512 e. The summed E-state index contributed by atoms with van der Waals surface area (Å²) in [6, 6.07) is 6.19. The van der Waals surface area contributed by atoms with Crippen LogP contribution in [0.1, 0.15) is 110 Å². The van der Waals surface area contributed by atoms with Gasteiger partial charge in [-0.25, -0.2) is 9.18 Å². The first-order chi connectivity index (χ1) is 19.4. The number of aliphatic hydroxyl groups is 1. The molecule has 1 aromatic carbocycles. The Bertz CT molecular complexity index is 1290. The van der Waals surface area contributed by atoms with Crippen LogP contribution < -0.4 is 5.32 Å². The fourth-order valence-corrected chi connectivity index (χ4v) is 6.59. The van der Waals surface area contributed by atoms with Crippen molar-refractivity contribution < 1.29 is 23.8 Å². The highest BCUT2D eigenvalue weighted by Gasteiger charge is 2.34. The third kappa shape index (κ3) is 6.48. The molecular weight excluding hydrogens is 509 g/mol. The predicted molar refractivity (Wildman–Crippen MR) is 151 cm³/mol. The van der Waals surface area contributed by atoms with Gasteiger partial charge >= 0.3 is 5.97 Å². The second-order valence-corrected chi connectivity index (χ2v) is 11.5. The molecule has 1 unspecified atom stereocenters. The van der Waals surface area contributed by atoms with Crippen molar-refractivity contribution in [3.05, 3.63) is 76.1 Å². The van der Waals surface area contributed by atoms with Crippen LogP contribution in [0.25, 0.3) is 0 Å². The molecule has 7 nitrogen and oxygen atoms in total. The summed E-state index contributed by atoms with van der Waals surface area (Å²) in [6.45, 7) is 0. The minimum absolute atomic E-state index is 0.138. The van der Waals surface area contributed by atoms with Gasteiger partial charge in [0.1, 0.15) is 11.9 Å². The van der Waals surface area contributed by atoms with Gasteiger partial charge in [0.2, 0.25) is 0 Å². The Morgan fingerprint density at radius 1 is 1.10 bits per heavy atom. The Morgan fingerprint density at radius 2 is 1.90 bits per heavy atom. The Labute approximate surface area is 235 Å². The van der Waals surface area contributed by atoms with Crippen molar-refractivity contribution >= 4 is 11.9 Å². The lowest BCUT2D eigenvalue weighted by Crippen LogP contribution is -2.42. The number of ether oxygens (including phenoxy) is 1. The van der Waals surface area contributed by atoms with Gasteiger partial charge in [0.25, 0.3) is 5.91 Å². The van der Waals surface area contributed by atoms with Crippen LogP contribution in [0.5, 0.6) is 0 Å². The van der Waals surface area contributed by atoms with Crippen LogP contribution in [0, 0.1) is 5.82 Å². The zero-order chi connectivity index (χ0) is 28.1. The van der Waals surface area contributed by atoms with E-state index in [0.29, 0.717) is 37.1 Å². The normalized spacial score (nSPS) is 20.5. The number of rotatable bonds is 8. The van der Waals surface area contributed by atoms with E-state index in [2.05, 4.69) is 10.00 Å². The Morgan fingerprint density at radius 3 is 2.62 bits per heavy atom. The molecule has 1 fully saturated rings. The van der Waals surface area contributed by atoms with Gasteiger partial charge in [-0.3, -0.25) is 9.48 Å². The molecule has 0 spiro atoms. The molecule has 5 rings (SSSR count). The van der Waals surface area contributed by atoms with E-state index >= 15 is 0 Å². The number of hydrogen-bond donors (Lipinski definition) is 2. The van der Waals surface area contributed by atoms with Crippen molar-refractivity contribution in [3.8, 4) is 0 Å². The van der Waals surface area contributed by atoms with Crippen LogP contribution in [0.15, 0.2) is 47.7 Å². The molecule has 0 radical (unpaired) electrons. The molecule has 3 aliphatic rings. The average Bonchev–Trinajstić information content (AvgIpc) is 3.23. The molecule has 1 saturated carbocycles. The van der Waals surface area contributed by atoms with E-state index in [-0.39, 0.29) is 23.7 Å². The molecule has 3 aliphatic carbocycles. The summed E-state index contributed by atoms with van der Waals surface area (Å²) >= 11 is 0. The maximum Gasteiger partial charge on any atom is 0.328 e. The maximum absolute atomic E-state index is 14.1. The van der Waals surface area contributed by atoms with E-state index in [9.17, 15) is 19.1 Å². The second-order valence-electron chi connectivity index (χ2n) is 11.5. The van der Waals surface area contributed by atoms with Gasteiger partial charge in [-0.15, -0.1) is 0 Å². The van der Waals surface area contributed by atoms with Crippen LogP contribution in [-0.2, 0) is 22.4 Å². The van der Waals surface area contributed by atoms with E-state index in [1.807, 2.05) is 12.1 Å². The third-order valence-corrected chi connectivity index (χ3v) is 8.64. The molecule has 0 bridgehead atoms. The van der Waals surface area contributed by atoms with E-state index in [1.54, 1.807) is 18.2 Å². The highest BCUT2D eigenvalue weighted by atomic mass is 19.1. The number of halogens is 1. The minimum Gasteiger partial charge on any atom is -0.512 e. The fourth-order valence-electron chi connectivity index (χ4n) is 6.59. The number of fused-ring (bicyclic) bond motifs is 1. The molecular formula is C32H40FN3O4. The molecule has 0 saturated heterocycles. The Balaban J connectivity index is 1.48. The number of nitrogens with zero attached hydrogens (tertiary/aromatic N) is 2.